The highest BCUT2D eigenvalue weighted by Crippen LogP contribution is 2.31. The summed E-state index contributed by atoms with van der Waals surface area (Å²) in [6.07, 6.45) is 3.46. The van der Waals surface area contributed by atoms with Gasteiger partial charge in [-0.1, -0.05) is 54.1 Å². The van der Waals surface area contributed by atoms with Gasteiger partial charge in [0, 0.05) is 40.5 Å². The number of nitrogens with zero attached hydrogens (tertiary/aromatic N) is 2. The van der Waals surface area contributed by atoms with Crippen LogP contribution in [0.25, 0.3) is 22.0 Å². The SMILES string of the molecule is CC(=O)c1cn(C(C)C(=O)N[C@@H](Cc2cc(F)cc(F)c2)c2ncccc2-c2ccc(C)cc2)c2ccccc12. The van der Waals surface area contributed by atoms with Gasteiger partial charge in [0.1, 0.15) is 17.7 Å². The Morgan fingerprint density at radius 2 is 1.65 bits per heavy atom. The fraction of sp³-hybridized carbons (Fsp3) is 0.182. The first-order valence-corrected chi connectivity index (χ1v) is 13.1. The van der Waals surface area contributed by atoms with Crippen LogP contribution >= 0.6 is 0 Å². The monoisotopic (exact) mass is 537 g/mol. The molecule has 0 bridgehead atoms. The molecule has 5 nitrogen and oxygen atoms in total. The van der Waals surface area contributed by atoms with Crippen molar-refractivity contribution in [3.05, 3.63) is 125 Å². The van der Waals surface area contributed by atoms with Crippen molar-refractivity contribution in [2.24, 2.45) is 0 Å². The number of fused-ring (bicyclic) bond motifs is 1. The molecular formula is C33H29F2N3O2. The quantitative estimate of drug-likeness (QED) is 0.214. The molecule has 2 atom stereocenters. The Kier molecular flexibility index (Phi) is 7.56. The number of Topliss-reactive ketones (excluding diaryl/α,β-unsaturated/α-hetero) is 1. The molecule has 5 rings (SSSR count). The van der Waals surface area contributed by atoms with Crippen molar-refractivity contribution in [1.82, 2.24) is 14.9 Å². The van der Waals surface area contributed by atoms with Gasteiger partial charge in [0.05, 0.1) is 11.7 Å². The molecule has 1 unspecified atom stereocenters. The highest BCUT2D eigenvalue weighted by molar-refractivity contribution is 6.07. The molecule has 1 N–H and O–H groups in total. The van der Waals surface area contributed by atoms with Crippen LogP contribution in [-0.4, -0.2) is 21.2 Å². The van der Waals surface area contributed by atoms with Crippen LogP contribution in [0.2, 0.25) is 0 Å². The molecule has 0 aliphatic rings. The maximum Gasteiger partial charge on any atom is 0.243 e. The average molecular weight is 538 g/mol. The van der Waals surface area contributed by atoms with Crippen molar-refractivity contribution in [1.29, 1.82) is 0 Å². The van der Waals surface area contributed by atoms with Crippen LogP contribution in [0.1, 0.15) is 53.1 Å². The van der Waals surface area contributed by atoms with Gasteiger partial charge >= 0.3 is 0 Å². The van der Waals surface area contributed by atoms with E-state index in [0.717, 1.165) is 33.7 Å². The fourth-order valence-corrected chi connectivity index (χ4v) is 5.08. The minimum atomic E-state index is -0.692. The molecule has 7 heteroatoms. The molecule has 0 saturated heterocycles. The lowest BCUT2D eigenvalue weighted by molar-refractivity contribution is -0.124. The molecular weight excluding hydrogens is 508 g/mol. The third-order valence-corrected chi connectivity index (χ3v) is 7.13. The van der Waals surface area contributed by atoms with E-state index in [4.69, 9.17) is 0 Å². The standard InChI is InChI=1S/C33H29F2N3O2/c1-20-10-12-24(13-11-20)27-8-6-14-36-32(27)30(17-23-15-25(34)18-26(35)16-23)37-33(40)21(2)38-19-29(22(3)39)28-7-4-5-9-31(28)38/h4-16,18-19,21,30H,17H2,1-3H3,(H,37,40)/t21?,30-/m0/s1. The maximum atomic E-state index is 14.1. The number of rotatable bonds is 8. The molecule has 0 saturated carbocycles. The van der Waals surface area contributed by atoms with Gasteiger partial charge in [0.25, 0.3) is 0 Å². The Labute approximate surface area is 231 Å². The first kappa shape index (κ1) is 26.9. The molecule has 0 spiro atoms. The van der Waals surface area contributed by atoms with Crippen molar-refractivity contribution in [2.45, 2.75) is 39.3 Å². The summed E-state index contributed by atoms with van der Waals surface area (Å²) in [7, 11) is 0. The lowest BCUT2D eigenvalue weighted by Crippen LogP contribution is -2.35. The van der Waals surface area contributed by atoms with Crippen molar-refractivity contribution in [3.8, 4) is 11.1 Å². The summed E-state index contributed by atoms with van der Waals surface area (Å²) in [6.45, 7) is 5.25. The highest BCUT2D eigenvalue weighted by Gasteiger charge is 2.26. The molecule has 202 valence electrons. The number of hydrogen-bond donors (Lipinski definition) is 1. The van der Waals surface area contributed by atoms with Crippen LogP contribution in [-0.2, 0) is 11.2 Å². The number of amides is 1. The number of carbonyl (C=O) groups excluding carboxylic acids is 2. The second kappa shape index (κ2) is 11.2. The zero-order valence-electron chi connectivity index (χ0n) is 22.5. The lowest BCUT2D eigenvalue weighted by atomic mass is 9.95. The maximum absolute atomic E-state index is 14.1. The third-order valence-electron chi connectivity index (χ3n) is 7.13. The van der Waals surface area contributed by atoms with Crippen molar-refractivity contribution >= 4 is 22.6 Å². The number of nitrogens with one attached hydrogen (secondary N) is 1. The van der Waals surface area contributed by atoms with Gasteiger partial charge in [-0.25, -0.2) is 8.78 Å². The van der Waals surface area contributed by atoms with Crippen LogP contribution in [0.4, 0.5) is 8.78 Å². The van der Waals surface area contributed by atoms with E-state index in [0.29, 0.717) is 16.8 Å². The highest BCUT2D eigenvalue weighted by atomic mass is 19.1. The summed E-state index contributed by atoms with van der Waals surface area (Å²) < 4.78 is 30.0. The average Bonchev–Trinajstić information content (AvgIpc) is 3.32. The second-order valence-corrected chi connectivity index (χ2v) is 10.0. The number of aromatic nitrogens is 2. The molecule has 40 heavy (non-hydrogen) atoms. The number of carbonyl (C=O) groups is 2. The van der Waals surface area contributed by atoms with E-state index >= 15 is 0 Å². The summed E-state index contributed by atoms with van der Waals surface area (Å²) in [5, 5.41) is 3.86. The summed E-state index contributed by atoms with van der Waals surface area (Å²) in [5.74, 6) is -1.80. The predicted octanol–water partition coefficient (Wildman–Crippen LogP) is 7.15. The number of hydrogen-bond acceptors (Lipinski definition) is 3. The molecule has 0 aliphatic carbocycles. The fourth-order valence-electron chi connectivity index (χ4n) is 5.08. The third kappa shape index (κ3) is 5.54. The van der Waals surface area contributed by atoms with E-state index < -0.39 is 23.7 Å². The first-order chi connectivity index (χ1) is 19.2. The number of ketones is 1. The molecule has 2 heterocycles. The predicted molar refractivity (Wildman–Crippen MR) is 152 cm³/mol. The lowest BCUT2D eigenvalue weighted by Gasteiger charge is -2.24. The van der Waals surface area contributed by atoms with Crippen molar-refractivity contribution < 1.29 is 18.4 Å². The van der Waals surface area contributed by atoms with Gasteiger partial charge in [-0.2, -0.15) is 0 Å². The number of para-hydroxylation sites is 1. The topological polar surface area (TPSA) is 64.0 Å². The molecule has 2 aromatic heterocycles. The smallest absolute Gasteiger partial charge is 0.243 e. The van der Waals surface area contributed by atoms with Gasteiger partial charge in [0.2, 0.25) is 5.91 Å². The minimum Gasteiger partial charge on any atom is -0.346 e. The van der Waals surface area contributed by atoms with Crippen molar-refractivity contribution in [2.75, 3.05) is 0 Å². The van der Waals surface area contributed by atoms with Crippen molar-refractivity contribution in [3.63, 3.8) is 0 Å². The number of aryl methyl sites for hydroxylation is 1. The summed E-state index contributed by atoms with van der Waals surface area (Å²) in [5.41, 5.74) is 5.09. The summed E-state index contributed by atoms with van der Waals surface area (Å²) in [6, 6.07) is 21.1. The largest absolute Gasteiger partial charge is 0.346 e. The summed E-state index contributed by atoms with van der Waals surface area (Å²) in [4.78, 5) is 30.7. The zero-order chi connectivity index (χ0) is 28.4. The molecule has 3 aromatic carbocycles. The van der Waals surface area contributed by atoms with E-state index in [-0.39, 0.29) is 18.1 Å². The molecule has 0 fully saturated rings. The van der Waals surface area contributed by atoms with E-state index in [9.17, 15) is 18.4 Å². The van der Waals surface area contributed by atoms with Gasteiger partial charge in [0.15, 0.2) is 5.78 Å². The Bertz CT molecular complexity index is 1690. The number of halogens is 2. The Morgan fingerprint density at radius 3 is 2.35 bits per heavy atom. The van der Waals surface area contributed by atoms with Gasteiger partial charge < -0.3 is 9.88 Å². The Balaban J connectivity index is 1.55. The van der Waals surface area contributed by atoms with E-state index in [1.807, 2.05) is 67.6 Å². The normalized spacial score (nSPS) is 12.7. The van der Waals surface area contributed by atoms with Crippen LogP contribution in [0.3, 0.4) is 0 Å². The van der Waals surface area contributed by atoms with Crippen LogP contribution in [0.15, 0.2) is 91.3 Å². The number of pyridine rings is 1. The minimum absolute atomic E-state index is 0.0928. The first-order valence-electron chi connectivity index (χ1n) is 13.1. The van der Waals surface area contributed by atoms with Crippen LogP contribution < -0.4 is 5.32 Å². The van der Waals surface area contributed by atoms with Gasteiger partial charge in [-0.15, -0.1) is 0 Å². The second-order valence-electron chi connectivity index (χ2n) is 10.0. The number of benzene rings is 3. The summed E-state index contributed by atoms with van der Waals surface area (Å²) >= 11 is 0. The van der Waals surface area contributed by atoms with Crippen LogP contribution in [0.5, 0.6) is 0 Å². The molecule has 0 radical (unpaired) electrons. The van der Waals surface area contributed by atoms with Crippen LogP contribution in [0, 0.1) is 18.6 Å². The molecule has 1 amide bonds. The van der Waals surface area contributed by atoms with E-state index in [2.05, 4.69) is 10.3 Å². The Morgan fingerprint density at radius 1 is 0.950 bits per heavy atom. The zero-order valence-corrected chi connectivity index (χ0v) is 22.5. The van der Waals surface area contributed by atoms with Gasteiger partial charge in [-0.05, 0) is 62.6 Å². The van der Waals surface area contributed by atoms with Gasteiger partial charge in [-0.3, -0.25) is 14.6 Å². The Hall–Kier alpha value is -4.65. The van der Waals surface area contributed by atoms with E-state index in [1.54, 1.807) is 23.9 Å². The molecule has 0 aliphatic heterocycles. The van der Waals surface area contributed by atoms with E-state index in [1.165, 1.54) is 19.1 Å². The molecule has 5 aromatic rings.